The summed E-state index contributed by atoms with van der Waals surface area (Å²) in [5.74, 6) is 0. The lowest BCUT2D eigenvalue weighted by Crippen LogP contribution is -2.30. The second-order valence-electron chi connectivity index (χ2n) is 5.87. The molecule has 134 valence electrons. The molecule has 0 aliphatic carbocycles. The highest BCUT2D eigenvalue weighted by Crippen LogP contribution is 2.17. The molecule has 0 aromatic heterocycles. The van der Waals surface area contributed by atoms with E-state index in [0.717, 1.165) is 6.42 Å². The lowest BCUT2D eigenvalue weighted by atomic mass is 10.1. The lowest BCUT2D eigenvalue weighted by molar-refractivity contribution is 0.521. The second-order valence-corrected chi connectivity index (χ2v) is 8.43. The standard InChI is InChI=1S/C18H23N3O2S2/c1-14-7-4-5-8-15(14)11-12-19-18(24)20-16-9-6-10-17(13-16)25(22,23)21(2)3/h4-10,13H,11-12H2,1-3H3,(H2,19,20,24). The molecule has 0 aliphatic heterocycles. The first-order valence-corrected chi connectivity index (χ1v) is 9.77. The molecule has 0 amide bonds. The van der Waals surface area contributed by atoms with Gasteiger partial charge in [-0.2, -0.15) is 0 Å². The van der Waals surface area contributed by atoms with Crippen LogP contribution in [0.2, 0.25) is 0 Å². The maximum Gasteiger partial charge on any atom is 0.242 e. The van der Waals surface area contributed by atoms with Crippen molar-refractivity contribution in [3.05, 3.63) is 59.7 Å². The minimum Gasteiger partial charge on any atom is -0.362 e. The third kappa shape index (κ3) is 5.26. The smallest absolute Gasteiger partial charge is 0.242 e. The Labute approximate surface area is 155 Å². The molecule has 2 aromatic rings. The van der Waals surface area contributed by atoms with Gasteiger partial charge in [0.2, 0.25) is 10.0 Å². The maximum absolute atomic E-state index is 12.2. The number of nitrogens with zero attached hydrogens (tertiary/aromatic N) is 1. The summed E-state index contributed by atoms with van der Waals surface area (Å²) in [5, 5.41) is 6.65. The SMILES string of the molecule is Cc1ccccc1CCNC(=S)Nc1cccc(S(=O)(=O)N(C)C)c1. The zero-order valence-corrected chi connectivity index (χ0v) is 16.2. The van der Waals surface area contributed by atoms with Crippen molar-refractivity contribution in [3.8, 4) is 0 Å². The Hall–Kier alpha value is -1.96. The molecule has 2 N–H and O–H groups in total. The fourth-order valence-electron chi connectivity index (χ4n) is 2.32. The first kappa shape index (κ1) is 19.4. The molecular weight excluding hydrogens is 354 g/mol. The molecule has 0 atom stereocenters. The summed E-state index contributed by atoms with van der Waals surface area (Å²) in [6.07, 6.45) is 0.865. The monoisotopic (exact) mass is 377 g/mol. The van der Waals surface area contributed by atoms with Gasteiger partial charge in [-0.1, -0.05) is 30.3 Å². The molecule has 0 unspecified atom stereocenters. The molecule has 0 spiro atoms. The zero-order valence-electron chi connectivity index (χ0n) is 14.6. The van der Waals surface area contributed by atoms with Gasteiger partial charge in [0.1, 0.15) is 0 Å². The number of benzene rings is 2. The molecule has 2 rings (SSSR count). The molecule has 0 radical (unpaired) electrons. The highest BCUT2D eigenvalue weighted by Gasteiger charge is 2.17. The van der Waals surface area contributed by atoms with Crippen molar-refractivity contribution >= 4 is 33.0 Å². The van der Waals surface area contributed by atoms with Gasteiger partial charge < -0.3 is 10.6 Å². The van der Waals surface area contributed by atoms with E-state index in [0.29, 0.717) is 17.3 Å². The molecule has 0 saturated heterocycles. The normalized spacial score (nSPS) is 11.4. The highest BCUT2D eigenvalue weighted by atomic mass is 32.2. The van der Waals surface area contributed by atoms with Gasteiger partial charge in [0.15, 0.2) is 5.11 Å². The van der Waals surface area contributed by atoms with Gasteiger partial charge in [0.25, 0.3) is 0 Å². The Balaban J connectivity index is 1.94. The molecule has 0 bridgehead atoms. The first-order valence-electron chi connectivity index (χ1n) is 7.92. The minimum absolute atomic E-state index is 0.227. The van der Waals surface area contributed by atoms with E-state index in [4.69, 9.17) is 12.2 Å². The van der Waals surface area contributed by atoms with Crippen molar-refractivity contribution < 1.29 is 8.42 Å². The van der Waals surface area contributed by atoms with Crippen LogP contribution in [-0.2, 0) is 16.4 Å². The molecule has 0 fully saturated rings. The van der Waals surface area contributed by atoms with Crippen molar-refractivity contribution in [2.75, 3.05) is 26.0 Å². The van der Waals surface area contributed by atoms with Gasteiger partial charge in [-0.05, 0) is 54.9 Å². The van der Waals surface area contributed by atoms with Crippen molar-refractivity contribution in [2.24, 2.45) is 0 Å². The van der Waals surface area contributed by atoms with Gasteiger partial charge >= 0.3 is 0 Å². The predicted octanol–water partition coefficient (Wildman–Crippen LogP) is 2.77. The van der Waals surface area contributed by atoms with E-state index < -0.39 is 10.0 Å². The fourth-order valence-corrected chi connectivity index (χ4v) is 3.49. The van der Waals surface area contributed by atoms with Crippen LogP contribution in [0.25, 0.3) is 0 Å². The van der Waals surface area contributed by atoms with E-state index in [1.165, 1.54) is 29.5 Å². The lowest BCUT2D eigenvalue weighted by Gasteiger charge is -2.14. The Kier molecular flexibility index (Phi) is 6.52. The van der Waals surface area contributed by atoms with Crippen molar-refractivity contribution in [3.63, 3.8) is 0 Å². The average molecular weight is 378 g/mol. The number of hydrogen-bond donors (Lipinski definition) is 2. The summed E-state index contributed by atoms with van der Waals surface area (Å²) in [4.78, 5) is 0.227. The molecule has 5 nitrogen and oxygen atoms in total. The molecular formula is C18H23N3O2S2. The number of sulfonamides is 1. The molecule has 0 heterocycles. The highest BCUT2D eigenvalue weighted by molar-refractivity contribution is 7.89. The van der Waals surface area contributed by atoms with Crippen molar-refractivity contribution in [1.29, 1.82) is 0 Å². The van der Waals surface area contributed by atoms with Crippen LogP contribution in [0.3, 0.4) is 0 Å². The minimum atomic E-state index is -3.46. The summed E-state index contributed by atoms with van der Waals surface area (Å²) >= 11 is 5.29. The Morgan fingerprint density at radius 3 is 2.52 bits per heavy atom. The van der Waals surface area contributed by atoms with Crippen LogP contribution >= 0.6 is 12.2 Å². The van der Waals surface area contributed by atoms with E-state index in [-0.39, 0.29) is 4.90 Å². The van der Waals surface area contributed by atoms with Gasteiger partial charge in [0.05, 0.1) is 4.90 Å². The van der Waals surface area contributed by atoms with Crippen LogP contribution in [0.5, 0.6) is 0 Å². The van der Waals surface area contributed by atoms with Gasteiger partial charge in [0, 0.05) is 26.3 Å². The molecule has 2 aromatic carbocycles. The van der Waals surface area contributed by atoms with Gasteiger partial charge in [-0.25, -0.2) is 12.7 Å². The number of aryl methyl sites for hydroxylation is 1. The van der Waals surface area contributed by atoms with Crippen molar-refractivity contribution in [2.45, 2.75) is 18.2 Å². The zero-order chi connectivity index (χ0) is 18.4. The number of thiocarbonyl (C=S) groups is 1. The Bertz CT molecular complexity index is 849. The molecule has 25 heavy (non-hydrogen) atoms. The summed E-state index contributed by atoms with van der Waals surface area (Å²) < 4.78 is 25.5. The van der Waals surface area contributed by atoms with E-state index in [9.17, 15) is 8.42 Å². The topological polar surface area (TPSA) is 61.4 Å². The van der Waals surface area contributed by atoms with E-state index in [1.54, 1.807) is 24.3 Å². The summed E-state index contributed by atoms with van der Waals surface area (Å²) in [7, 11) is -0.449. The maximum atomic E-state index is 12.2. The number of anilines is 1. The van der Waals surface area contributed by atoms with Crippen LogP contribution < -0.4 is 10.6 Å². The Morgan fingerprint density at radius 2 is 1.84 bits per heavy atom. The van der Waals surface area contributed by atoms with Crippen LogP contribution in [0.1, 0.15) is 11.1 Å². The van der Waals surface area contributed by atoms with E-state index in [1.807, 2.05) is 12.1 Å². The fraction of sp³-hybridized carbons (Fsp3) is 0.278. The molecule has 7 heteroatoms. The van der Waals surface area contributed by atoms with Crippen LogP contribution in [0.4, 0.5) is 5.69 Å². The second kappa shape index (κ2) is 8.42. The number of nitrogens with one attached hydrogen (secondary N) is 2. The predicted molar refractivity (Wildman–Crippen MR) is 106 cm³/mol. The Morgan fingerprint density at radius 1 is 1.12 bits per heavy atom. The largest absolute Gasteiger partial charge is 0.362 e. The van der Waals surface area contributed by atoms with Crippen molar-refractivity contribution in [1.82, 2.24) is 9.62 Å². The average Bonchev–Trinajstić information content (AvgIpc) is 2.56. The third-order valence-electron chi connectivity index (χ3n) is 3.81. The third-order valence-corrected chi connectivity index (χ3v) is 5.87. The number of hydrogen-bond acceptors (Lipinski definition) is 3. The van der Waals surface area contributed by atoms with Crippen LogP contribution in [-0.4, -0.2) is 38.5 Å². The van der Waals surface area contributed by atoms with E-state index >= 15 is 0 Å². The summed E-state index contributed by atoms with van der Waals surface area (Å²) in [5.41, 5.74) is 3.16. The van der Waals surface area contributed by atoms with Gasteiger partial charge in [-0.3, -0.25) is 0 Å². The van der Waals surface area contributed by atoms with Gasteiger partial charge in [-0.15, -0.1) is 0 Å². The quantitative estimate of drug-likeness (QED) is 0.758. The van der Waals surface area contributed by atoms with Crippen LogP contribution in [0, 0.1) is 6.92 Å². The molecule has 0 aliphatic rings. The summed E-state index contributed by atoms with van der Waals surface area (Å²) in [6, 6.07) is 14.8. The van der Waals surface area contributed by atoms with E-state index in [2.05, 4.69) is 29.7 Å². The summed E-state index contributed by atoms with van der Waals surface area (Å²) in [6.45, 7) is 2.79. The number of rotatable bonds is 6. The molecule has 0 saturated carbocycles. The van der Waals surface area contributed by atoms with Crippen LogP contribution in [0.15, 0.2) is 53.4 Å². The first-order chi connectivity index (χ1) is 11.8.